The van der Waals surface area contributed by atoms with E-state index < -0.39 is 10.0 Å². The number of benzene rings is 2. The van der Waals surface area contributed by atoms with Crippen molar-refractivity contribution >= 4 is 38.1 Å². The van der Waals surface area contributed by atoms with Gasteiger partial charge in [-0.3, -0.25) is 14.8 Å². The lowest BCUT2D eigenvalue weighted by Gasteiger charge is -2.09. The number of amides is 1. The van der Waals surface area contributed by atoms with Gasteiger partial charge in [-0.25, -0.2) is 13.4 Å². The summed E-state index contributed by atoms with van der Waals surface area (Å²) in [4.78, 5) is 16.2. The Labute approximate surface area is 149 Å². The summed E-state index contributed by atoms with van der Waals surface area (Å²) in [6.07, 6.45) is 1.60. The molecule has 0 spiro atoms. The molecule has 0 atom stereocenters. The molecule has 2 aromatic carbocycles. The highest BCUT2D eigenvalue weighted by Crippen LogP contribution is 2.18. The molecule has 0 fully saturated rings. The van der Waals surface area contributed by atoms with Crippen LogP contribution < -0.4 is 10.0 Å². The van der Waals surface area contributed by atoms with Crippen LogP contribution in [0.3, 0.4) is 0 Å². The maximum absolute atomic E-state index is 12.3. The predicted octanol–water partition coefficient (Wildman–Crippen LogP) is 3.50. The van der Waals surface area contributed by atoms with Crippen LogP contribution in [-0.4, -0.2) is 19.3 Å². The number of nitrogens with one attached hydrogen (secondary N) is 2. The van der Waals surface area contributed by atoms with Crippen molar-refractivity contribution in [3.05, 3.63) is 71.2 Å². The average molecular weight is 373 g/mol. The summed E-state index contributed by atoms with van der Waals surface area (Å²) in [5.41, 5.74) is 1.77. The lowest BCUT2D eigenvalue weighted by atomic mass is 10.2. The summed E-state index contributed by atoms with van der Waals surface area (Å²) < 4.78 is 27.2. The van der Waals surface area contributed by atoms with Crippen LogP contribution in [0.5, 0.6) is 0 Å². The number of nitrogens with zero attached hydrogens (tertiary/aromatic N) is 1. The molecule has 1 amide bonds. The molecule has 0 bridgehead atoms. The normalized spacial score (nSPS) is 11.1. The van der Waals surface area contributed by atoms with Gasteiger partial charge in [0, 0.05) is 22.8 Å². The fourth-order valence-electron chi connectivity index (χ4n) is 2.08. The maximum Gasteiger partial charge on any atom is 0.261 e. The minimum atomic E-state index is -3.66. The van der Waals surface area contributed by atoms with Gasteiger partial charge >= 0.3 is 0 Å². The molecule has 2 N–H and O–H groups in total. The molecule has 0 radical (unpaired) electrons. The molecule has 0 aliphatic rings. The number of carbonyl (C=O) groups excluding carboxylic acids is 1. The van der Waals surface area contributed by atoms with E-state index in [1.54, 1.807) is 60.1 Å². The summed E-state index contributed by atoms with van der Waals surface area (Å²) >= 11 is 1.32. The van der Waals surface area contributed by atoms with Gasteiger partial charge in [-0.1, -0.05) is 17.7 Å². The van der Waals surface area contributed by atoms with E-state index in [0.717, 1.165) is 5.56 Å². The minimum Gasteiger partial charge on any atom is -0.298 e. The second-order valence-corrected chi connectivity index (χ2v) is 7.86. The standard InChI is InChI=1S/C17H15N3O3S2/c1-12-2-8-15(9-3-12)25(22,23)20-14-6-4-13(5-7-14)16(21)19-17-18-10-11-24-17/h2-11,20H,1H3,(H,18,19,21). The Kier molecular flexibility index (Phi) is 4.82. The van der Waals surface area contributed by atoms with E-state index in [4.69, 9.17) is 0 Å². The zero-order valence-electron chi connectivity index (χ0n) is 13.3. The van der Waals surface area contributed by atoms with Crippen molar-refractivity contribution in [1.29, 1.82) is 0 Å². The SMILES string of the molecule is Cc1ccc(S(=O)(=O)Nc2ccc(C(=O)Nc3nccs3)cc2)cc1. The third-order valence-corrected chi connectivity index (χ3v) is 5.47. The Bertz CT molecular complexity index is 965. The topological polar surface area (TPSA) is 88.2 Å². The van der Waals surface area contributed by atoms with Gasteiger partial charge in [0.2, 0.25) is 0 Å². The first-order chi connectivity index (χ1) is 11.9. The Balaban J connectivity index is 1.72. The molecule has 0 unspecified atom stereocenters. The summed E-state index contributed by atoms with van der Waals surface area (Å²) in [6, 6.07) is 12.8. The van der Waals surface area contributed by atoms with E-state index in [1.807, 2.05) is 6.92 Å². The third-order valence-electron chi connectivity index (χ3n) is 3.38. The quantitative estimate of drug-likeness (QED) is 0.716. The Morgan fingerprint density at radius 3 is 2.32 bits per heavy atom. The van der Waals surface area contributed by atoms with E-state index in [1.165, 1.54) is 11.3 Å². The summed E-state index contributed by atoms with van der Waals surface area (Å²) in [5.74, 6) is -0.303. The highest BCUT2D eigenvalue weighted by molar-refractivity contribution is 7.92. The van der Waals surface area contributed by atoms with Crippen LogP contribution in [0.25, 0.3) is 0 Å². The summed E-state index contributed by atoms with van der Waals surface area (Å²) in [5, 5.41) is 4.94. The number of anilines is 2. The molecule has 6 nitrogen and oxygen atoms in total. The molecule has 1 aromatic heterocycles. The van der Waals surface area contributed by atoms with E-state index in [0.29, 0.717) is 16.4 Å². The van der Waals surface area contributed by atoms with Crippen LogP contribution in [0.2, 0.25) is 0 Å². The largest absolute Gasteiger partial charge is 0.298 e. The zero-order chi connectivity index (χ0) is 17.9. The van der Waals surface area contributed by atoms with E-state index in [2.05, 4.69) is 15.0 Å². The zero-order valence-corrected chi connectivity index (χ0v) is 14.9. The van der Waals surface area contributed by atoms with Crippen LogP contribution in [-0.2, 0) is 10.0 Å². The highest BCUT2D eigenvalue weighted by atomic mass is 32.2. The van der Waals surface area contributed by atoms with Crippen molar-refractivity contribution in [1.82, 2.24) is 4.98 Å². The Morgan fingerprint density at radius 1 is 1.04 bits per heavy atom. The van der Waals surface area contributed by atoms with Gasteiger partial charge in [0.25, 0.3) is 15.9 Å². The molecule has 0 saturated heterocycles. The van der Waals surface area contributed by atoms with E-state index >= 15 is 0 Å². The first-order valence-electron chi connectivity index (χ1n) is 7.34. The number of aryl methyl sites for hydroxylation is 1. The van der Waals surface area contributed by atoms with Gasteiger partial charge in [0.15, 0.2) is 5.13 Å². The van der Waals surface area contributed by atoms with Crippen LogP contribution >= 0.6 is 11.3 Å². The number of rotatable bonds is 5. The molecule has 25 heavy (non-hydrogen) atoms. The second-order valence-electron chi connectivity index (χ2n) is 5.29. The molecule has 3 rings (SSSR count). The maximum atomic E-state index is 12.3. The van der Waals surface area contributed by atoms with Gasteiger partial charge in [0.1, 0.15) is 0 Å². The number of hydrogen-bond donors (Lipinski definition) is 2. The molecular weight excluding hydrogens is 358 g/mol. The fraction of sp³-hybridized carbons (Fsp3) is 0.0588. The minimum absolute atomic E-state index is 0.184. The second kappa shape index (κ2) is 7.04. The van der Waals surface area contributed by atoms with Crippen LogP contribution in [0.15, 0.2) is 65.0 Å². The number of carbonyl (C=O) groups is 1. The van der Waals surface area contributed by atoms with Gasteiger partial charge in [-0.15, -0.1) is 11.3 Å². The lowest BCUT2D eigenvalue weighted by molar-refractivity contribution is 0.102. The van der Waals surface area contributed by atoms with Gasteiger partial charge in [-0.2, -0.15) is 0 Å². The van der Waals surface area contributed by atoms with E-state index in [9.17, 15) is 13.2 Å². The molecule has 3 aromatic rings. The molecule has 0 saturated carbocycles. The smallest absolute Gasteiger partial charge is 0.261 e. The number of hydrogen-bond acceptors (Lipinski definition) is 5. The molecule has 0 aliphatic carbocycles. The van der Waals surface area contributed by atoms with Gasteiger partial charge < -0.3 is 0 Å². The molecule has 8 heteroatoms. The third kappa shape index (κ3) is 4.23. The first-order valence-corrected chi connectivity index (χ1v) is 9.71. The number of thiazole rings is 1. The summed E-state index contributed by atoms with van der Waals surface area (Å²) in [7, 11) is -3.66. The van der Waals surface area contributed by atoms with E-state index in [-0.39, 0.29) is 10.8 Å². The fourth-order valence-corrected chi connectivity index (χ4v) is 3.66. The average Bonchev–Trinajstić information content (AvgIpc) is 3.08. The molecular formula is C17H15N3O3S2. The van der Waals surface area contributed by atoms with Crippen molar-refractivity contribution in [2.24, 2.45) is 0 Å². The van der Waals surface area contributed by atoms with Crippen molar-refractivity contribution in [2.75, 3.05) is 10.0 Å². The molecule has 0 aliphatic heterocycles. The highest BCUT2D eigenvalue weighted by Gasteiger charge is 2.14. The van der Waals surface area contributed by atoms with Crippen molar-refractivity contribution < 1.29 is 13.2 Å². The first kappa shape index (κ1) is 17.1. The molecule has 1 heterocycles. The van der Waals surface area contributed by atoms with Crippen molar-refractivity contribution in [3.63, 3.8) is 0 Å². The number of aromatic nitrogens is 1. The Hall–Kier alpha value is -2.71. The lowest BCUT2D eigenvalue weighted by Crippen LogP contribution is -2.14. The van der Waals surface area contributed by atoms with Crippen LogP contribution in [0.1, 0.15) is 15.9 Å². The molecule has 128 valence electrons. The van der Waals surface area contributed by atoms with Crippen LogP contribution in [0.4, 0.5) is 10.8 Å². The van der Waals surface area contributed by atoms with Gasteiger partial charge in [0.05, 0.1) is 4.90 Å². The monoisotopic (exact) mass is 373 g/mol. The predicted molar refractivity (Wildman–Crippen MR) is 98.5 cm³/mol. The van der Waals surface area contributed by atoms with Gasteiger partial charge in [-0.05, 0) is 43.3 Å². The summed E-state index contributed by atoms with van der Waals surface area (Å²) in [6.45, 7) is 1.89. The van der Waals surface area contributed by atoms with Crippen LogP contribution in [0, 0.1) is 6.92 Å². The van der Waals surface area contributed by atoms with Crippen molar-refractivity contribution in [3.8, 4) is 0 Å². The number of sulfonamides is 1. The Morgan fingerprint density at radius 2 is 1.72 bits per heavy atom. The van der Waals surface area contributed by atoms with Crippen molar-refractivity contribution in [2.45, 2.75) is 11.8 Å².